The molecule has 140 valence electrons. The summed E-state index contributed by atoms with van der Waals surface area (Å²) in [5.41, 5.74) is 1.38. The highest BCUT2D eigenvalue weighted by Gasteiger charge is 2.10. The summed E-state index contributed by atoms with van der Waals surface area (Å²) in [6.45, 7) is -0.310. The Morgan fingerprint density at radius 3 is 2.63 bits per heavy atom. The number of nitriles is 1. The van der Waals surface area contributed by atoms with E-state index in [1.807, 2.05) is 6.07 Å². The number of benzene rings is 2. The number of halogens is 2. The van der Waals surface area contributed by atoms with Gasteiger partial charge in [0.25, 0.3) is 5.91 Å². The number of nitrogens with one attached hydrogen (secondary N) is 1. The van der Waals surface area contributed by atoms with Crippen molar-refractivity contribution in [3.8, 4) is 17.6 Å². The lowest BCUT2D eigenvalue weighted by Crippen LogP contribution is -2.17. The van der Waals surface area contributed by atoms with Gasteiger partial charge in [-0.25, -0.2) is 0 Å². The van der Waals surface area contributed by atoms with Crippen LogP contribution in [0.3, 0.4) is 0 Å². The SMILES string of the molecule is COc1cc(/C=N\OCC(=O)Nc2ccc(C#N)c(Cl)c2)cc(Cl)c1OC. The Balaban J connectivity index is 1.92. The molecule has 9 heteroatoms. The number of methoxy groups -OCH3 is 2. The van der Waals surface area contributed by atoms with Gasteiger partial charge >= 0.3 is 0 Å². The number of rotatable bonds is 7. The van der Waals surface area contributed by atoms with Gasteiger partial charge in [-0.1, -0.05) is 28.4 Å². The molecule has 7 nitrogen and oxygen atoms in total. The number of hydrogen-bond acceptors (Lipinski definition) is 6. The van der Waals surface area contributed by atoms with E-state index in [1.54, 1.807) is 18.2 Å². The van der Waals surface area contributed by atoms with Crippen LogP contribution < -0.4 is 14.8 Å². The largest absolute Gasteiger partial charge is 0.493 e. The zero-order valence-electron chi connectivity index (χ0n) is 14.5. The van der Waals surface area contributed by atoms with E-state index in [2.05, 4.69) is 10.5 Å². The van der Waals surface area contributed by atoms with E-state index >= 15 is 0 Å². The number of carbonyl (C=O) groups is 1. The van der Waals surface area contributed by atoms with Crippen LogP contribution in [0.15, 0.2) is 35.5 Å². The summed E-state index contributed by atoms with van der Waals surface area (Å²) >= 11 is 12.0. The van der Waals surface area contributed by atoms with Crippen LogP contribution in [-0.4, -0.2) is 32.9 Å². The van der Waals surface area contributed by atoms with Crippen LogP contribution in [-0.2, 0) is 9.63 Å². The van der Waals surface area contributed by atoms with Crippen LogP contribution >= 0.6 is 23.2 Å². The number of ether oxygens (including phenoxy) is 2. The minimum absolute atomic E-state index is 0.250. The number of hydrogen-bond donors (Lipinski definition) is 1. The standard InChI is InChI=1S/C18H15Cl2N3O4/c1-25-16-6-11(5-15(20)18(16)26-2)9-22-27-10-17(24)23-13-4-3-12(8-21)14(19)7-13/h3-7,9H,10H2,1-2H3,(H,23,24)/b22-9-. The summed E-state index contributed by atoms with van der Waals surface area (Å²) < 4.78 is 10.3. The molecule has 0 radical (unpaired) electrons. The summed E-state index contributed by atoms with van der Waals surface area (Å²) in [5.74, 6) is 0.429. The average Bonchev–Trinajstić information content (AvgIpc) is 2.65. The lowest BCUT2D eigenvalue weighted by Gasteiger charge is -2.09. The van der Waals surface area contributed by atoms with Gasteiger partial charge in [0.2, 0.25) is 0 Å². The van der Waals surface area contributed by atoms with Crippen LogP contribution in [0, 0.1) is 11.3 Å². The fourth-order valence-electron chi connectivity index (χ4n) is 2.09. The van der Waals surface area contributed by atoms with Crippen molar-refractivity contribution < 1.29 is 19.1 Å². The van der Waals surface area contributed by atoms with Gasteiger partial charge in [0.15, 0.2) is 18.1 Å². The second kappa shape index (κ2) is 9.67. The Labute approximate surface area is 166 Å². The summed E-state index contributed by atoms with van der Waals surface area (Å²) in [6, 6.07) is 9.78. The van der Waals surface area contributed by atoms with Crippen molar-refractivity contribution in [3.63, 3.8) is 0 Å². The smallest absolute Gasteiger partial charge is 0.265 e. The Morgan fingerprint density at radius 1 is 1.22 bits per heavy atom. The fourth-order valence-corrected chi connectivity index (χ4v) is 2.61. The molecule has 0 aliphatic rings. The van der Waals surface area contributed by atoms with E-state index in [0.29, 0.717) is 33.3 Å². The van der Waals surface area contributed by atoms with E-state index in [9.17, 15) is 4.79 Å². The molecule has 0 spiro atoms. The molecule has 2 aromatic carbocycles. The van der Waals surface area contributed by atoms with Crippen LogP contribution in [0.2, 0.25) is 10.0 Å². The monoisotopic (exact) mass is 407 g/mol. The maximum atomic E-state index is 11.9. The summed E-state index contributed by atoms with van der Waals surface area (Å²) in [5, 5.41) is 15.7. The van der Waals surface area contributed by atoms with E-state index in [-0.39, 0.29) is 11.6 Å². The number of carbonyl (C=O) groups excluding carboxylic acids is 1. The molecular formula is C18H15Cl2N3O4. The molecular weight excluding hydrogens is 393 g/mol. The van der Waals surface area contributed by atoms with Crippen molar-refractivity contribution in [2.24, 2.45) is 5.16 Å². The first-order chi connectivity index (χ1) is 13.0. The number of nitrogens with zero attached hydrogens (tertiary/aromatic N) is 2. The lowest BCUT2D eigenvalue weighted by atomic mass is 10.2. The van der Waals surface area contributed by atoms with E-state index in [4.69, 9.17) is 42.8 Å². The highest BCUT2D eigenvalue weighted by atomic mass is 35.5. The minimum atomic E-state index is -0.432. The van der Waals surface area contributed by atoms with Crippen molar-refractivity contribution in [2.75, 3.05) is 26.1 Å². The van der Waals surface area contributed by atoms with Gasteiger partial charge in [-0.2, -0.15) is 5.26 Å². The van der Waals surface area contributed by atoms with Crippen molar-refractivity contribution >= 4 is 41.0 Å². The molecule has 0 fully saturated rings. The topological polar surface area (TPSA) is 92.9 Å². The van der Waals surface area contributed by atoms with Crippen LogP contribution in [0.4, 0.5) is 5.69 Å². The van der Waals surface area contributed by atoms with Gasteiger partial charge in [0.05, 0.1) is 36.0 Å². The second-order valence-corrected chi connectivity index (χ2v) is 5.92. The summed E-state index contributed by atoms with van der Waals surface area (Å²) in [6.07, 6.45) is 1.39. The average molecular weight is 408 g/mol. The quantitative estimate of drug-likeness (QED) is 0.555. The van der Waals surface area contributed by atoms with E-state index < -0.39 is 5.91 Å². The highest BCUT2D eigenvalue weighted by molar-refractivity contribution is 6.32. The third-order valence-electron chi connectivity index (χ3n) is 3.30. The van der Waals surface area contributed by atoms with Gasteiger partial charge in [0, 0.05) is 11.3 Å². The normalized spacial score (nSPS) is 10.3. The molecule has 0 aliphatic carbocycles. The van der Waals surface area contributed by atoms with E-state index in [0.717, 1.165) is 0 Å². The molecule has 0 aliphatic heterocycles. The maximum absolute atomic E-state index is 11.9. The third kappa shape index (κ3) is 5.51. The number of oxime groups is 1. The minimum Gasteiger partial charge on any atom is -0.493 e. The Kier molecular flexibility index (Phi) is 7.29. The predicted molar refractivity (Wildman–Crippen MR) is 103 cm³/mol. The first kappa shape index (κ1) is 20.4. The molecule has 0 bridgehead atoms. The van der Waals surface area contributed by atoms with Gasteiger partial charge < -0.3 is 19.6 Å². The van der Waals surface area contributed by atoms with Crippen LogP contribution in [0.25, 0.3) is 0 Å². The van der Waals surface area contributed by atoms with Crippen molar-refractivity contribution in [2.45, 2.75) is 0 Å². The Bertz CT molecular complexity index is 910. The first-order valence-electron chi connectivity index (χ1n) is 7.54. The molecule has 0 atom stereocenters. The van der Waals surface area contributed by atoms with Crippen molar-refractivity contribution in [1.29, 1.82) is 5.26 Å². The molecule has 0 saturated carbocycles. The molecule has 0 unspecified atom stereocenters. The zero-order chi connectivity index (χ0) is 19.8. The fraction of sp³-hybridized carbons (Fsp3) is 0.167. The van der Waals surface area contributed by atoms with Gasteiger partial charge in [-0.15, -0.1) is 0 Å². The Hall–Kier alpha value is -2.95. The molecule has 27 heavy (non-hydrogen) atoms. The molecule has 1 amide bonds. The highest BCUT2D eigenvalue weighted by Crippen LogP contribution is 2.35. The van der Waals surface area contributed by atoms with Gasteiger partial charge in [-0.05, 0) is 30.3 Å². The first-order valence-corrected chi connectivity index (χ1v) is 8.30. The number of amides is 1. The van der Waals surface area contributed by atoms with Crippen LogP contribution in [0.1, 0.15) is 11.1 Å². The summed E-state index contributed by atoms with van der Waals surface area (Å²) in [4.78, 5) is 16.8. The zero-order valence-corrected chi connectivity index (χ0v) is 16.0. The van der Waals surface area contributed by atoms with Gasteiger partial charge in [-0.3, -0.25) is 4.79 Å². The third-order valence-corrected chi connectivity index (χ3v) is 3.89. The lowest BCUT2D eigenvalue weighted by molar-refractivity contribution is -0.120. The van der Waals surface area contributed by atoms with Gasteiger partial charge in [0.1, 0.15) is 6.07 Å². The molecule has 0 aromatic heterocycles. The van der Waals surface area contributed by atoms with Crippen molar-refractivity contribution in [1.82, 2.24) is 0 Å². The molecule has 1 N–H and O–H groups in total. The van der Waals surface area contributed by atoms with Crippen LogP contribution in [0.5, 0.6) is 11.5 Å². The van der Waals surface area contributed by atoms with E-state index in [1.165, 1.54) is 32.6 Å². The number of anilines is 1. The molecule has 0 saturated heterocycles. The maximum Gasteiger partial charge on any atom is 0.265 e. The predicted octanol–water partition coefficient (Wildman–Crippen LogP) is 3.87. The molecule has 2 rings (SSSR count). The summed E-state index contributed by atoms with van der Waals surface area (Å²) in [7, 11) is 2.98. The van der Waals surface area contributed by atoms with Crippen molar-refractivity contribution in [3.05, 3.63) is 51.5 Å². The molecule has 0 heterocycles. The Morgan fingerprint density at radius 2 is 2.00 bits per heavy atom. The second-order valence-electron chi connectivity index (χ2n) is 5.10. The molecule has 2 aromatic rings.